The fourth-order valence-electron chi connectivity index (χ4n) is 3.37. The molecule has 0 saturated carbocycles. The third-order valence-electron chi connectivity index (χ3n) is 5.09. The summed E-state index contributed by atoms with van der Waals surface area (Å²) in [5.74, 6) is -0.319. The lowest BCUT2D eigenvalue weighted by Crippen LogP contribution is -2.34. The number of thioether (sulfide) groups is 1. The topological polar surface area (TPSA) is 114 Å². The van der Waals surface area contributed by atoms with Crippen molar-refractivity contribution in [1.82, 2.24) is 4.90 Å². The Bertz CT molecular complexity index is 1120. The first kappa shape index (κ1) is 24.2. The second-order valence-corrected chi connectivity index (χ2v) is 8.84. The molecule has 1 aliphatic heterocycles. The number of carbonyl (C=O) groups excluding carboxylic acids is 2. The lowest BCUT2D eigenvalue weighted by Gasteiger charge is -2.15. The van der Waals surface area contributed by atoms with E-state index in [1.807, 2.05) is 39.0 Å². The Morgan fingerprint density at radius 3 is 2.70 bits per heavy atom. The molecule has 1 saturated heterocycles. The number of hydrogen-bond donors (Lipinski definition) is 1. The number of methoxy groups -OCH3 is 1. The van der Waals surface area contributed by atoms with Gasteiger partial charge in [-0.2, -0.15) is 0 Å². The maximum absolute atomic E-state index is 13.0. The quantitative estimate of drug-likeness (QED) is 0.446. The Hall–Kier alpha value is -3.40. The van der Waals surface area contributed by atoms with Gasteiger partial charge in [-0.05, 0) is 43.5 Å². The lowest BCUT2D eigenvalue weighted by molar-refractivity contribution is -0.384. The number of nitro benzene ring substituents is 1. The predicted molar refractivity (Wildman–Crippen MR) is 129 cm³/mol. The van der Waals surface area contributed by atoms with Gasteiger partial charge < -0.3 is 10.1 Å². The van der Waals surface area contributed by atoms with Gasteiger partial charge in [-0.1, -0.05) is 30.8 Å². The van der Waals surface area contributed by atoms with E-state index in [2.05, 4.69) is 5.32 Å². The number of non-ortho nitro benzene ring substituents is 1. The molecule has 0 spiro atoms. The Morgan fingerprint density at radius 2 is 2.03 bits per heavy atom. The molecule has 0 radical (unpaired) electrons. The average molecular weight is 471 g/mol. The zero-order valence-corrected chi connectivity index (χ0v) is 19.8. The number of benzene rings is 2. The van der Waals surface area contributed by atoms with Crippen molar-refractivity contribution < 1.29 is 19.2 Å². The SMILES string of the molecule is CCCN1C(=O)C(CC(=O)Nc2cc([N+](=O)[O-])ccc2OC)SC1=Nc1cc(C)ccc1C. The smallest absolute Gasteiger partial charge is 0.271 e. The van der Waals surface area contributed by atoms with Gasteiger partial charge >= 0.3 is 0 Å². The highest BCUT2D eigenvalue weighted by molar-refractivity contribution is 8.15. The molecule has 9 nitrogen and oxygen atoms in total. The van der Waals surface area contributed by atoms with E-state index < -0.39 is 16.1 Å². The summed E-state index contributed by atoms with van der Waals surface area (Å²) < 4.78 is 5.19. The van der Waals surface area contributed by atoms with Gasteiger partial charge in [-0.25, -0.2) is 4.99 Å². The van der Waals surface area contributed by atoms with Crippen molar-refractivity contribution in [1.29, 1.82) is 0 Å². The molecule has 33 heavy (non-hydrogen) atoms. The molecule has 1 atom stereocenters. The number of nitrogens with one attached hydrogen (secondary N) is 1. The van der Waals surface area contributed by atoms with Crippen LogP contribution in [0.2, 0.25) is 0 Å². The monoisotopic (exact) mass is 470 g/mol. The van der Waals surface area contributed by atoms with Crippen LogP contribution in [0.3, 0.4) is 0 Å². The van der Waals surface area contributed by atoms with Crippen LogP contribution in [0.4, 0.5) is 17.1 Å². The normalized spacial score (nSPS) is 16.8. The summed E-state index contributed by atoms with van der Waals surface area (Å²) in [4.78, 5) is 42.6. The molecule has 1 N–H and O–H groups in total. The van der Waals surface area contributed by atoms with Gasteiger partial charge in [0.15, 0.2) is 5.17 Å². The van der Waals surface area contributed by atoms with Crippen molar-refractivity contribution in [2.45, 2.75) is 38.9 Å². The van der Waals surface area contributed by atoms with Crippen LogP contribution in [0.25, 0.3) is 0 Å². The Labute approximate surface area is 196 Å². The molecule has 0 aromatic heterocycles. The number of aryl methyl sites for hydroxylation is 2. The van der Waals surface area contributed by atoms with Gasteiger partial charge in [-0.15, -0.1) is 0 Å². The lowest BCUT2D eigenvalue weighted by atomic mass is 10.1. The molecule has 1 unspecified atom stereocenters. The molecular formula is C23H26N4O5S. The number of aliphatic imine (C=N–C) groups is 1. The molecule has 0 aliphatic carbocycles. The molecule has 10 heteroatoms. The zero-order chi connectivity index (χ0) is 24.1. The van der Waals surface area contributed by atoms with Crippen molar-refractivity contribution in [2.24, 2.45) is 4.99 Å². The largest absolute Gasteiger partial charge is 0.495 e. The number of nitro groups is 1. The summed E-state index contributed by atoms with van der Waals surface area (Å²) in [7, 11) is 1.41. The molecule has 1 heterocycles. The molecule has 0 bridgehead atoms. The fourth-order valence-corrected chi connectivity index (χ4v) is 4.55. The number of hydrogen-bond acceptors (Lipinski definition) is 7. The maximum Gasteiger partial charge on any atom is 0.271 e. The molecule has 3 rings (SSSR count). The van der Waals surface area contributed by atoms with E-state index in [4.69, 9.17) is 9.73 Å². The molecule has 1 aliphatic rings. The number of nitrogens with zero attached hydrogens (tertiary/aromatic N) is 3. The van der Waals surface area contributed by atoms with Crippen molar-refractivity contribution in [3.63, 3.8) is 0 Å². The van der Waals surface area contributed by atoms with Gasteiger partial charge in [0.25, 0.3) is 5.69 Å². The Morgan fingerprint density at radius 1 is 1.27 bits per heavy atom. The van der Waals surface area contributed by atoms with E-state index in [0.717, 1.165) is 23.2 Å². The Kier molecular flexibility index (Phi) is 7.70. The fraction of sp³-hybridized carbons (Fsp3) is 0.348. The van der Waals surface area contributed by atoms with Gasteiger partial charge in [0.1, 0.15) is 11.0 Å². The van der Waals surface area contributed by atoms with Crippen LogP contribution in [0.5, 0.6) is 5.75 Å². The van der Waals surface area contributed by atoms with Crippen LogP contribution in [0.1, 0.15) is 30.9 Å². The van der Waals surface area contributed by atoms with Gasteiger partial charge in [0.2, 0.25) is 11.8 Å². The van der Waals surface area contributed by atoms with E-state index in [1.54, 1.807) is 4.90 Å². The van der Waals surface area contributed by atoms with Crippen LogP contribution >= 0.6 is 11.8 Å². The van der Waals surface area contributed by atoms with Crippen LogP contribution in [-0.2, 0) is 9.59 Å². The highest BCUT2D eigenvalue weighted by atomic mass is 32.2. The molecule has 174 valence electrons. The minimum Gasteiger partial charge on any atom is -0.495 e. The summed E-state index contributed by atoms with van der Waals surface area (Å²) in [6.45, 7) is 6.42. The first-order valence-electron chi connectivity index (χ1n) is 10.5. The van der Waals surface area contributed by atoms with Crippen LogP contribution in [0.15, 0.2) is 41.4 Å². The third kappa shape index (κ3) is 5.70. The highest BCUT2D eigenvalue weighted by Gasteiger charge is 2.39. The van der Waals surface area contributed by atoms with Crippen molar-refractivity contribution >= 4 is 45.8 Å². The molecular weight excluding hydrogens is 444 g/mol. The summed E-state index contributed by atoms with van der Waals surface area (Å²) in [6, 6.07) is 9.90. The van der Waals surface area contributed by atoms with Crippen LogP contribution < -0.4 is 10.1 Å². The number of ether oxygens (including phenoxy) is 1. The second kappa shape index (κ2) is 10.5. The van der Waals surface area contributed by atoms with Crippen LogP contribution in [-0.4, -0.2) is 45.7 Å². The number of amides is 2. The second-order valence-electron chi connectivity index (χ2n) is 7.67. The van der Waals surface area contributed by atoms with Gasteiger partial charge in [-0.3, -0.25) is 24.6 Å². The van der Waals surface area contributed by atoms with E-state index in [0.29, 0.717) is 17.5 Å². The van der Waals surface area contributed by atoms with Crippen molar-refractivity contribution in [2.75, 3.05) is 19.0 Å². The minimum absolute atomic E-state index is 0.0959. The standard InChI is InChI=1S/C23H26N4O5S/c1-5-10-26-22(29)20(33-23(26)25-17-11-14(2)6-7-15(17)3)13-21(28)24-18-12-16(27(30)31)8-9-19(18)32-4/h6-9,11-12,20H,5,10,13H2,1-4H3,(H,24,28). The summed E-state index contributed by atoms with van der Waals surface area (Å²) >= 11 is 1.26. The van der Waals surface area contributed by atoms with Gasteiger partial charge in [0.05, 0.1) is 23.4 Å². The first-order chi connectivity index (χ1) is 15.7. The predicted octanol–water partition coefficient (Wildman–Crippen LogP) is 4.59. The molecule has 2 aromatic rings. The highest BCUT2D eigenvalue weighted by Crippen LogP contribution is 2.34. The first-order valence-corrected chi connectivity index (χ1v) is 11.4. The summed E-state index contributed by atoms with van der Waals surface area (Å²) in [5, 5.41) is 13.7. The van der Waals surface area contributed by atoms with Crippen LogP contribution in [0, 0.1) is 24.0 Å². The Balaban J connectivity index is 1.80. The van der Waals surface area contributed by atoms with Crippen molar-refractivity contribution in [3.8, 4) is 5.75 Å². The number of carbonyl (C=O) groups is 2. The van der Waals surface area contributed by atoms with E-state index in [1.165, 1.54) is 37.1 Å². The van der Waals surface area contributed by atoms with E-state index in [9.17, 15) is 19.7 Å². The van der Waals surface area contributed by atoms with Crippen molar-refractivity contribution in [3.05, 3.63) is 57.6 Å². The molecule has 2 aromatic carbocycles. The molecule has 1 fully saturated rings. The summed E-state index contributed by atoms with van der Waals surface area (Å²) in [6.07, 6.45) is 0.656. The van der Waals surface area contributed by atoms with E-state index in [-0.39, 0.29) is 23.7 Å². The number of rotatable bonds is 8. The maximum atomic E-state index is 13.0. The summed E-state index contributed by atoms with van der Waals surface area (Å²) in [5.41, 5.74) is 2.86. The number of amidine groups is 1. The number of anilines is 1. The van der Waals surface area contributed by atoms with E-state index >= 15 is 0 Å². The third-order valence-corrected chi connectivity index (χ3v) is 6.26. The zero-order valence-electron chi connectivity index (χ0n) is 19.0. The minimum atomic E-state index is -0.634. The molecule has 2 amide bonds. The average Bonchev–Trinajstić information content (AvgIpc) is 3.05. The van der Waals surface area contributed by atoms with Gasteiger partial charge in [0, 0.05) is 25.1 Å².